The van der Waals surface area contributed by atoms with E-state index in [0.717, 1.165) is 17.8 Å². The number of aromatic nitrogens is 2. The summed E-state index contributed by atoms with van der Waals surface area (Å²) in [4.78, 5) is 8.70. The summed E-state index contributed by atoms with van der Waals surface area (Å²) in [5, 5.41) is 0. The largest absolute Gasteiger partial charge is 0.271 e. The summed E-state index contributed by atoms with van der Waals surface area (Å²) in [6, 6.07) is 8.59. The first-order chi connectivity index (χ1) is 9.90. The molecule has 4 heteroatoms. The Kier molecular flexibility index (Phi) is 4.70. The lowest BCUT2D eigenvalue weighted by atomic mass is 9.86. The highest BCUT2D eigenvalue weighted by molar-refractivity contribution is 5.28. The van der Waals surface area contributed by atoms with Crippen molar-refractivity contribution in [3.8, 4) is 0 Å². The maximum Gasteiger partial charge on any atom is 0.146 e. The van der Waals surface area contributed by atoms with Crippen LogP contribution >= 0.6 is 0 Å². The SMILES string of the molecule is Cc1cnc(C(Cc2ccc(C(C)(C)C)cc2)NN)nc1. The second-order valence-corrected chi connectivity index (χ2v) is 6.49. The quantitative estimate of drug-likeness (QED) is 0.669. The predicted molar refractivity (Wildman–Crippen MR) is 85.7 cm³/mol. The van der Waals surface area contributed by atoms with Gasteiger partial charge in [-0.15, -0.1) is 0 Å². The molecule has 0 aliphatic carbocycles. The Labute approximate surface area is 126 Å². The fraction of sp³-hybridized carbons (Fsp3) is 0.412. The van der Waals surface area contributed by atoms with Gasteiger partial charge in [-0.05, 0) is 35.4 Å². The van der Waals surface area contributed by atoms with Crippen molar-refractivity contribution >= 4 is 0 Å². The molecular formula is C17H24N4. The molecule has 0 amide bonds. The zero-order valence-electron chi connectivity index (χ0n) is 13.2. The fourth-order valence-corrected chi connectivity index (χ4v) is 2.18. The van der Waals surface area contributed by atoms with Crippen LogP contribution < -0.4 is 11.3 Å². The molecule has 0 fully saturated rings. The summed E-state index contributed by atoms with van der Waals surface area (Å²) in [5.74, 6) is 6.38. The molecule has 0 radical (unpaired) electrons. The number of nitrogens with zero attached hydrogens (tertiary/aromatic N) is 2. The highest BCUT2D eigenvalue weighted by Gasteiger charge is 2.16. The van der Waals surface area contributed by atoms with E-state index in [2.05, 4.69) is 60.4 Å². The van der Waals surface area contributed by atoms with Gasteiger partial charge in [0.05, 0.1) is 6.04 Å². The average Bonchev–Trinajstić information content (AvgIpc) is 2.45. The zero-order valence-corrected chi connectivity index (χ0v) is 13.2. The lowest BCUT2D eigenvalue weighted by Crippen LogP contribution is -2.31. The second-order valence-electron chi connectivity index (χ2n) is 6.49. The van der Waals surface area contributed by atoms with Crippen LogP contribution in [0, 0.1) is 6.92 Å². The number of hydrazine groups is 1. The van der Waals surface area contributed by atoms with Gasteiger partial charge in [0.25, 0.3) is 0 Å². The van der Waals surface area contributed by atoms with Crippen LogP contribution in [0.2, 0.25) is 0 Å². The molecule has 21 heavy (non-hydrogen) atoms. The van der Waals surface area contributed by atoms with E-state index in [4.69, 9.17) is 5.84 Å². The summed E-state index contributed by atoms with van der Waals surface area (Å²) >= 11 is 0. The summed E-state index contributed by atoms with van der Waals surface area (Å²) in [7, 11) is 0. The molecule has 1 unspecified atom stereocenters. The minimum absolute atomic E-state index is 0.0777. The number of hydrogen-bond acceptors (Lipinski definition) is 4. The Morgan fingerprint density at radius 1 is 1.10 bits per heavy atom. The van der Waals surface area contributed by atoms with Crippen molar-refractivity contribution in [1.82, 2.24) is 15.4 Å². The Balaban J connectivity index is 2.13. The molecule has 0 aliphatic rings. The Hall–Kier alpha value is -1.78. The molecule has 3 N–H and O–H groups in total. The monoisotopic (exact) mass is 284 g/mol. The van der Waals surface area contributed by atoms with Crippen molar-refractivity contribution in [2.45, 2.75) is 45.6 Å². The summed E-state index contributed by atoms with van der Waals surface area (Å²) < 4.78 is 0. The van der Waals surface area contributed by atoms with Crippen LogP contribution in [0.4, 0.5) is 0 Å². The van der Waals surface area contributed by atoms with Crippen LogP contribution in [0.5, 0.6) is 0 Å². The van der Waals surface area contributed by atoms with E-state index in [0.29, 0.717) is 0 Å². The highest BCUT2D eigenvalue weighted by atomic mass is 15.2. The van der Waals surface area contributed by atoms with Crippen LogP contribution in [0.1, 0.15) is 49.3 Å². The normalized spacial score (nSPS) is 13.2. The van der Waals surface area contributed by atoms with Crippen molar-refractivity contribution in [3.05, 3.63) is 59.2 Å². The van der Waals surface area contributed by atoms with E-state index in [1.165, 1.54) is 11.1 Å². The molecule has 0 saturated carbocycles. The van der Waals surface area contributed by atoms with Crippen molar-refractivity contribution in [1.29, 1.82) is 0 Å². The number of hydrogen-bond donors (Lipinski definition) is 2. The van der Waals surface area contributed by atoms with E-state index in [9.17, 15) is 0 Å². The Bertz CT molecular complexity index is 567. The van der Waals surface area contributed by atoms with E-state index >= 15 is 0 Å². The lowest BCUT2D eigenvalue weighted by molar-refractivity contribution is 0.521. The molecule has 112 valence electrons. The van der Waals surface area contributed by atoms with Gasteiger partial charge < -0.3 is 0 Å². The molecule has 2 aromatic rings. The van der Waals surface area contributed by atoms with Crippen LogP contribution in [0.15, 0.2) is 36.7 Å². The van der Waals surface area contributed by atoms with Gasteiger partial charge in [-0.1, -0.05) is 45.0 Å². The van der Waals surface area contributed by atoms with Gasteiger partial charge in [0, 0.05) is 12.4 Å². The van der Waals surface area contributed by atoms with Gasteiger partial charge >= 0.3 is 0 Å². The summed E-state index contributed by atoms with van der Waals surface area (Å²) in [6.45, 7) is 8.62. The standard InChI is InChI=1S/C17H24N4/c1-12-10-19-16(20-11-12)15(21-18)9-13-5-7-14(8-6-13)17(2,3)4/h5-8,10-11,15,21H,9,18H2,1-4H3. The Morgan fingerprint density at radius 3 is 2.14 bits per heavy atom. The third kappa shape index (κ3) is 4.09. The van der Waals surface area contributed by atoms with Crippen LogP contribution in [-0.2, 0) is 11.8 Å². The van der Waals surface area contributed by atoms with Gasteiger partial charge in [-0.25, -0.2) is 15.4 Å². The highest BCUT2D eigenvalue weighted by Crippen LogP contribution is 2.23. The van der Waals surface area contributed by atoms with E-state index in [1.54, 1.807) is 0 Å². The minimum Gasteiger partial charge on any atom is -0.271 e. The molecule has 0 aliphatic heterocycles. The summed E-state index contributed by atoms with van der Waals surface area (Å²) in [6.07, 6.45) is 4.40. The molecule has 1 aromatic carbocycles. The van der Waals surface area contributed by atoms with Crippen LogP contribution in [0.25, 0.3) is 0 Å². The number of nitrogens with two attached hydrogens (primary N) is 1. The van der Waals surface area contributed by atoms with Crippen molar-refractivity contribution in [2.24, 2.45) is 5.84 Å². The molecule has 1 aromatic heterocycles. The lowest BCUT2D eigenvalue weighted by Gasteiger charge is -2.20. The molecule has 0 bridgehead atoms. The maximum absolute atomic E-state index is 5.66. The second kappa shape index (κ2) is 6.33. The maximum atomic E-state index is 5.66. The van der Waals surface area contributed by atoms with Gasteiger partial charge in [-0.2, -0.15) is 0 Å². The third-order valence-electron chi connectivity index (χ3n) is 3.57. The molecule has 2 rings (SSSR count). The van der Waals surface area contributed by atoms with Gasteiger partial charge in [0.1, 0.15) is 5.82 Å². The number of benzene rings is 1. The zero-order chi connectivity index (χ0) is 15.5. The third-order valence-corrected chi connectivity index (χ3v) is 3.57. The Morgan fingerprint density at radius 2 is 1.67 bits per heavy atom. The smallest absolute Gasteiger partial charge is 0.146 e. The predicted octanol–water partition coefficient (Wildman–Crippen LogP) is 2.83. The average molecular weight is 284 g/mol. The minimum atomic E-state index is -0.0777. The van der Waals surface area contributed by atoms with E-state index in [1.807, 2.05) is 19.3 Å². The van der Waals surface area contributed by atoms with Gasteiger partial charge in [0.2, 0.25) is 0 Å². The van der Waals surface area contributed by atoms with E-state index < -0.39 is 0 Å². The molecule has 1 heterocycles. The van der Waals surface area contributed by atoms with Crippen LogP contribution in [-0.4, -0.2) is 9.97 Å². The van der Waals surface area contributed by atoms with Crippen molar-refractivity contribution < 1.29 is 0 Å². The first-order valence-electron chi connectivity index (χ1n) is 7.24. The van der Waals surface area contributed by atoms with Crippen LogP contribution in [0.3, 0.4) is 0 Å². The molecular weight excluding hydrogens is 260 g/mol. The molecule has 1 atom stereocenters. The first kappa shape index (κ1) is 15.6. The first-order valence-corrected chi connectivity index (χ1v) is 7.24. The fourth-order valence-electron chi connectivity index (χ4n) is 2.18. The molecule has 4 nitrogen and oxygen atoms in total. The van der Waals surface area contributed by atoms with E-state index in [-0.39, 0.29) is 11.5 Å². The van der Waals surface area contributed by atoms with Gasteiger partial charge in [-0.3, -0.25) is 5.84 Å². The summed E-state index contributed by atoms with van der Waals surface area (Å²) in [5.41, 5.74) is 6.57. The van der Waals surface area contributed by atoms with Crippen molar-refractivity contribution in [3.63, 3.8) is 0 Å². The van der Waals surface area contributed by atoms with Gasteiger partial charge in [0.15, 0.2) is 0 Å². The molecule has 0 spiro atoms. The topological polar surface area (TPSA) is 63.8 Å². The molecule has 0 saturated heterocycles. The number of nitrogens with one attached hydrogen (secondary N) is 1. The number of rotatable bonds is 4. The number of aryl methyl sites for hydroxylation is 1. The van der Waals surface area contributed by atoms with Crippen molar-refractivity contribution in [2.75, 3.05) is 0 Å².